The van der Waals surface area contributed by atoms with E-state index in [1.165, 1.54) is 0 Å². The Labute approximate surface area is 115 Å². The highest BCUT2D eigenvalue weighted by molar-refractivity contribution is 6.42. The van der Waals surface area contributed by atoms with Crippen LogP contribution in [0.3, 0.4) is 0 Å². The number of hydrogen-bond acceptors (Lipinski definition) is 1. The summed E-state index contributed by atoms with van der Waals surface area (Å²) in [5, 5.41) is 4.78. The van der Waals surface area contributed by atoms with E-state index in [2.05, 4.69) is 33.0 Å². The molecule has 0 fully saturated rings. The lowest BCUT2D eigenvalue weighted by molar-refractivity contribution is 0.375. The molecule has 0 saturated heterocycles. The third-order valence-corrected chi connectivity index (χ3v) is 4.17. The first-order valence-electron chi connectivity index (χ1n) is 6.10. The zero-order valence-electron chi connectivity index (χ0n) is 10.9. The van der Waals surface area contributed by atoms with Crippen molar-refractivity contribution in [2.24, 2.45) is 11.8 Å². The number of hydrogen-bond donors (Lipinski definition) is 1. The van der Waals surface area contributed by atoms with Crippen LogP contribution in [0.4, 0.5) is 0 Å². The summed E-state index contributed by atoms with van der Waals surface area (Å²) in [5.74, 6) is 1.33. The molecule has 1 rings (SSSR count). The third kappa shape index (κ3) is 4.17. The number of halogens is 2. The van der Waals surface area contributed by atoms with Crippen molar-refractivity contribution in [2.75, 3.05) is 6.54 Å². The quantitative estimate of drug-likeness (QED) is 0.802. The van der Waals surface area contributed by atoms with E-state index in [1.54, 1.807) is 0 Å². The Balaban J connectivity index is 2.64. The Morgan fingerprint density at radius 2 is 1.76 bits per heavy atom. The molecule has 1 N–H and O–H groups in total. The van der Waals surface area contributed by atoms with Crippen molar-refractivity contribution in [3.8, 4) is 0 Å². The summed E-state index contributed by atoms with van der Waals surface area (Å²) in [4.78, 5) is 0. The Kier molecular flexibility index (Phi) is 5.78. The summed E-state index contributed by atoms with van der Waals surface area (Å²) in [6, 6.07) is 6.00. The van der Waals surface area contributed by atoms with Crippen molar-refractivity contribution in [2.45, 2.75) is 33.7 Å². The van der Waals surface area contributed by atoms with Crippen molar-refractivity contribution in [1.29, 1.82) is 0 Å². The summed E-state index contributed by atoms with van der Waals surface area (Å²) < 4.78 is 0. The first-order valence-corrected chi connectivity index (χ1v) is 6.86. The Morgan fingerprint density at radius 1 is 1.12 bits per heavy atom. The standard InChI is InChI=1S/C14H21Cl2N/c1-9(2)10(3)8-17-11(4)12-6-5-7-13(15)14(12)16/h5-7,9-11,17H,8H2,1-4H3. The van der Waals surface area contributed by atoms with Crippen molar-refractivity contribution in [3.05, 3.63) is 33.8 Å². The van der Waals surface area contributed by atoms with E-state index in [0.29, 0.717) is 21.9 Å². The maximum atomic E-state index is 6.19. The van der Waals surface area contributed by atoms with Crippen LogP contribution in [0.5, 0.6) is 0 Å². The molecule has 0 saturated carbocycles. The van der Waals surface area contributed by atoms with Crippen LogP contribution in [0.2, 0.25) is 10.0 Å². The van der Waals surface area contributed by atoms with Gasteiger partial charge < -0.3 is 5.32 Å². The maximum absolute atomic E-state index is 6.19. The molecule has 0 amide bonds. The van der Waals surface area contributed by atoms with Crippen LogP contribution < -0.4 is 5.32 Å². The highest BCUT2D eigenvalue weighted by Crippen LogP contribution is 2.29. The van der Waals surface area contributed by atoms with Crippen molar-refractivity contribution < 1.29 is 0 Å². The van der Waals surface area contributed by atoms with Crippen LogP contribution in [0.15, 0.2) is 18.2 Å². The SMILES string of the molecule is CC(NCC(C)C(C)C)c1cccc(Cl)c1Cl. The van der Waals surface area contributed by atoms with Gasteiger partial charge in [-0.05, 0) is 36.9 Å². The molecule has 3 heteroatoms. The molecule has 0 heterocycles. The second kappa shape index (κ2) is 6.63. The molecule has 0 aliphatic carbocycles. The fraction of sp³-hybridized carbons (Fsp3) is 0.571. The number of rotatable bonds is 5. The predicted molar refractivity (Wildman–Crippen MR) is 76.9 cm³/mol. The van der Waals surface area contributed by atoms with Crippen molar-refractivity contribution in [1.82, 2.24) is 5.32 Å². The van der Waals surface area contributed by atoms with Gasteiger partial charge in [-0.15, -0.1) is 0 Å². The molecular weight excluding hydrogens is 253 g/mol. The second-order valence-corrected chi connectivity index (χ2v) is 5.78. The predicted octanol–water partition coefficient (Wildman–Crippen LogP) is 4.94. The van der Waals surface area contributed by atoms with E-state index in [0.717, 1.165) is 12.1 Å². The zero-order chi connectivity index (χ0) is 13.0. The summed E-state index contributed by atoms with van der Waals surface area (Å²) >= 11 is 12.2. The monoisotopic (exact) mass is 273 g/mol. The first kappa shape index (κ1) is 14.8. The molecule has 2 atom stereocenters. The minimum atomic E-state index is 0.224. The molecule has 17 heavy (non-hydrogen) atoms. The van der Waals surface area contributed by atoms with Gasteiger partial charge in [0, 0.05) is 6.04 Å². The normalized spacial score (nSPS) is 15.0. The number of nitrogens with one attached hydrogen (secondary N) is 1. The van der Waals surface area contributed by atoms with Gasteiger partial charge in [-0.1, -0.05) is 56.1 Å². The lowest BCUT2D eigenvalue weighted by Gasteiger charge is -2.21. The van der Waals surface area contributed by atoms with Crippen LogP contribution in [0.1, 0.15) is 39.3 Å². The van der Waals surface area contributed by atoms with E-state index >= 15 is 0 Å². The van der Waals surface area contributed by atoms with E-state index in [1.807, 2.05) is 18.2 Å². The second-order valence-electron chi connectivity index (χ2n) is 4.99. The van der Waals surface area contributed by atoms with Gasteiger partial charge in [-0.3, -0.25) is 0 Å². The molecule has 0 bridgehead atoms. The smallest absolute Gasteiger partial charge is 0.0639 e. The fourth-order valence-corrected chi connectivity index (χ4v) is 2.03. The van der Waals surface area contributed by atoms with Crippen molar-refractivity contribution >= 4 is 23.2 Å². The lowest BCUT2D eigenvalue weighted by atomic mass is 9.97. The Bertz CT molecular complexity index is 363. The highest BCUT2D eigenvalue weighted by atomic mass is 35.5. The molecule has 1 aromatic rings. The minimum Gasteiger partial charge on any atom is -0.310 e. The highest BCUT2D eigenvalue weighted by Gasteiger charge is 2.13. The molecule has 0 radical (unpaired) electrons. The van der Waals surface area contributed by atoms with E-state index < -0.39 is 0 Å². The average molecular weight is 274 g/mol. The molecule has 0 aromatic heterocycles. The van der Waals surface area contributed by atoms with Gasteiger partial charge in [0.15, 0.2) is 0 Å². The van der Waals surface area contributed by atoms with Gasteiger partial charge >= 0.3 is 0 Å². The summed E-state index contributed by atoms with van der Waals surface area (Å²) in [5.41, 5.74) is 1.06. The molecule has 1 nitrogen and oxygen atoms in total. The molecule has 0 aliphatic heterocycles. The van der Waals surface area contributed by atoms with Crippen LogP contribution in [-0.4, -0.2) is 6.54 Å². The first-order chi connectivity index (χ1) is 7.93. The van der Waals surface area contributed by atoms with Gasteiger partial charge in [0.05, 0.1) is 10.0 Å². The lowest BCUT2D eigenvalue weighted by Crippen LogP contribution is -2.27. The molecule has 0 spiro atoms. The van der Waals surface area contributed by atoms with Gasteiger partial charge in [-0.25, -0.2) is 0 Å². The van der Waals surface area contributed by atoms with E-state index in [9.17, 15) is 0 Å². The molecule has 1 aromatic carbocycles. The van der Waals surface area contributed by atoms with Crippen molar-refractivity contribution in [3.63, 3.8) is 0 Å². The minimum absolute atomic E-state index is 0.224. The van der Waals surface area contributed by atoms with E-state index in [-0.39, 0.29) is 6.04 Å². The van der Waals surface area contributed by atoms with Gasteiger partial charge in [0.1, 0.15) is 0 Å². The summed E-state index contributed by atoms with van der Waals surface area (Å²) in [6.45, 7) is 9.84. The van der Waals surface area contributed by atoms with Crippen LogP contribution in [0.25, 0.3) is 0 Å². The third-order valence-electron chi connectivity index (χ3n) is 3.33. The number of benzene rings is 1. The van der Waals surface area contributed by atoms with Gasteiger partial charge in [-0.2, -0.15) is 0 Å². The average Bonchev–Trinajstić information content (AvgIpc) is 2.29. The maximum Gasteiger partial charge on any atom is 0.0639 e. The topological polar surface area (TPSA) is 12.0 Å². The molecule has 0 aliphatic rings. The molecule has 2 unspecified atom stereocenters. The van der Waals surface area contributed by atoms with E-state index in [4.69, 9.17) is 23.2 Å². The Morgan fingerprint density at radius 3 is 2.35 bits per heavy atom. The molecule has 96 valence electrons. The van der Waals surface area contributed by atoms with Crippen LogP contribution >= 0.6 is 23.2 Å². The summed E-state index contributed by atoms with van der Waals surface area (Å²) in [6.07, 6.45) is 0. The largest absolute Gasteiger partial charge is 0.310 e. The summed E-state index contributed by atoms with van der Waals surface area (Å²) in [7, 11) is 0. The Hall–Kier alpha value is -0.240. The van der Waals surface area contributed by atoms with Crippen LogP contribution in [0, 0.1) is 11.8 Å². The zero-order valence-corrected chi connectivity index (χ0v) is 12.4. The van der Waals surface area contributed by atoms with Gasteiger partial charge in [0.25, 0.3) is 0 Å². The van der Waals surface area contributed by atoms with Gasteiger partial charge in [0.2, 0.25) is 0 Å². The molecular formula is C14H21Cl2N. The fourth-order valence-electron chi connectivity index (χ4n) is 1.56. The van der Waals surface area contributed by atoms with Crippen LogP contribution in [-0.2, 0) is 0 Å².